The molecule has 0 fully saturated rings. The fraction of sp³-hybridized carbons (Fsp3) is 0.0556. The second kappa shape index (κ2) is 4.93. The van der Waals surface area contributed by atoms with Crippen LogP contribution in [-0.2, 0) is 14.9 Å². The highest BCUT2D eigenvalue weighted by Gasteiger charge is 2.40. The van der Waals surface area contributed by atoms with Crippen LogP contribution < -0.4 is 0 Å². The minimum absolute atomic E-state index is 0.354. The van der Waals surface area contributed by atoms with Gasteiger partial charge in [-0.25, -0.2) is 4.79 Å². The highest BCUT2D eigenvalue weighted by atomic mass is 79.9. The van der Waals surface area contributed by atoms with E-state index in [0.29, 0.717) is 0 Å². The summed E-state index contributed by atoms with van der Waals surface area (Å²) in [4.78, 5) is 11.6. The summed E-state index contributed by atoms with van der Waals surface area (Å²) >= 11 is 7.10. The first-order valence-corrected chi connectivity index (χ1v) is 8.37. The first-order chi connectivity index (χ1) is 10.6. The van der Waals surface area contributed by atoms with Crippen molar-refractivity contribution >= 4 is 37.8 Å². The molecule has 0 bridgehead atoms. The van der Waals surface area contributed by atoms with Crippen molar-refractivity contribution in [1.82, 2.24) is 0 Å². The van der Waals surface area contributed by atoms with Crippen molar-refractivity contribution in [3.8, 4) is 11.1 Å². The quantitative estimate of drug-likeness (QED) is 0.557. The van der Waals surface area contributed by atoms with Gasteiger partial charge < -0.3 is 4.74 Å². The van der Waals surface area contributed by atoms with Gasteiger partial charge >= 0.3 is 5.97 Å². The predicted molar refractivity (Wildman–Crippen MR) is 92.4 cm³/mol. The lowest BCUT2D eigenvalue weighted by atomic mass is 9.78. The number of benzene rings is 2. The van der Waals surface area contributed by atoms with E-state index in [1.54, 1.807) is 0 Å². The Morgan fingerprint density at radius 2 is 1.45 bits per heavy atom. The summed E-state index contributed by atoms with van der Waals surface area (Å²) in [5.74, 6) is -0.354. The van der Waals surface area contributed by atoms with Crippen LogP contribution in [0.2, 0.25) is 0 Å². The maximum atomic E-state index is 11.6. The van der Waals surface area contributed by atoms with Crippen LogP contribution in [0.4, 0.5) is 0 Å². The average Bonchev–Trinajstić information content (AvgIpc) is 2.62. The standard InChI is InChI=1S/C18H10Br2O2/c19-11-1-3-13-14-4-2-12(20)10-16(14)18(15(13)9-11)6-5-17(21)22-8-7-18/h1-10H. The van der Waals surface area contributed by atoms with Crippen LogP contribution in [0.25, 0.3) is 11.1 Å². The maximum absolute atomic E-state index is 11.6. The molecule has 1 aliphatic heterocycles. The van der Waals surface area contributed by atoms with Crippen molar-refractivity contribution in [2.75, 3.05) is 0 Å². The van der Waals surface area contributed by atoms with Gasteiger partial charge in [-0.05, 0) is 52.6 Å². The number of hydrogen-bond acceptors (Lipinski definition) is 2. The van der Waals surface area contributed by atoms with Gasteiger partial charge in [0.2, 0.25) is 0 Å². The third-order valence-electron chi connectivity index (χ3n) is 4.14. The van der Waals surface area contributed by atoms with Crippen molar-refractivity contribution in [3.05, 3.63) is 81.0 Å². The maximum Gasteiger partial charge on any atom is 0.335 e. The van der Waals surface area contributed by atoms with Crippen molar-refractivity contribution in [2.24, 2.45) is 0 Å². The predicted octanol–water partition coefficient (Wildman–Crippen LogP) is 5.10. The minimum atomic E-state index is -0.482. The molecule has 0 saturated heterocycles. The molecule has 1 spiro atoms. The Hall–Kier alpha value is -1.65. The van der Waals surface area contributed by atoms with Gasteiger partial charge in [-0.3, -0.25) is 0 Å². The number of carbonyl (C=O) groups is 1. The topological polar surface area (TPSA) is 26.3 Å². The smallest absolute Gasteiger partial charge is 0.335 e. The van der Waals surface area contributed by atoms with Crippen molar-refractivity contribution in [2.45, 2.75) is 5.41 Å². The van der Waals surface area contributed by atoms with Crippen LogP contribution >= 0.6 is 31.9 Å². The Labute approximate surface area is 144 Å². The van der Waals surface area contributed by atoms with E-state index in [0.717, 1.165) is 20.1 Å². The molecule has 4 heteroatoms. The van der Waals surface area contributed by atoms with Crippen LogP contribution in [-0.4, -0.2) is 5.97 Å². The zero-order valence-electron chi connectivity index (χ0n) is 11.3. The van der Waals surface area contributed by atoms with Crippen LogP contribution in [0.1, 0.15) is 11.1 Å². The summed E-state index contributed by atoms with van der Waals surface area (Å²) in [5.41, 5.74) is 4.15. The SMILES string of the molecule is O=C1C=CC2(C=CO1)c1cc(Br)ccc1-c1ccc(Br)cc12. The molecule has 0 aromatic heterocycles. The Balaban J connectivity index is 2.10. The molecule has 4 rings (SSSR count). The lowest BCUT2D eigenvalue weighted by Gasteiger charge is -2.24. The lowest BCUT2D eigenvalue weighted by Crippen LogP contribution is -2.19. The molecule has 0 amide bonds. The Bertz CT molecular complexity index is 814. The molecule has 2 nitrogen and oxygen atoms in total. The fourth-order valence-corrected chi connectivity index (χ4v) is 3.92. The second-order valence-corrected chi connectivity index (χ2v) is 7.15. The van der Waals surface area contributed by atoms with E-state index in [9.17, 15) is 4.79 Å². The minimum Gasteiger partial charge on any atom is -0.432 e. The number of fused-ring (bicyclic) bond motifs is 5. The second-order valence-electron chi connectivity index (χ2n) is 5.32. The van der Waals surface area contributed by atoms with Gasteiger partial charge in [-0.15, -0.1) is 0 Å². The van der Waals surface area contributed by atoms with E-state index in [1.165, 1.54) is 23.5 Å². The van der Waals surface area contributed by atoms with Crippen LogP contribution in [0.5, 0.6) is 0 Å². The molecular formula is C18H10Br2O2. The number of rotatable bonds is 0. The summed E-state index contributed by atoms with van der Waals surface area (Å²) in [6, 6.07) is 12.5. The number of ether oxygens (including phenoxy) is 1. The van der Waals surface area contributed by atoms with Gasteiger partial charge in [-0.1, -0.05) is 50.1 Å². The van der Waals surface area contributed by atoms with Crippen LogP contribution in [0, 0.1) is 0 Å². The molecule has 1 heterocycles. The van der Waals surface area contributed by atoms with E-state index >= 15 is 0 Å². The summed E-state index contributed by atoms with van der Waals surface area (Å²) in [6.45, 7) is 0. The van der Waals surface area contributed by atoms with E-state index in [2.05, 4.69) is 56.1 Å². The van der Waals surface area contributed by atoms with Crippen molar-refractivity contribution in [1.29, 1.82) is 0 Å². The average molecular weight is 418 g/mol. The molecule has 22 heavy (non-hydrogen) atoms. The highest BCUT2D eigenvalue weighted by molar-refractivity contribution is 9.10. The summed E-state index contributed by atoms with van der Waals surface area (Å²) in [7, 11) is 0. The van der Waals surface area contributed by atoms with Crippen molar-refractivity contribution < 1.29 is 9.53 Å². The largest absolute Gasteiger partial charge is 0.432 e. The monoisotopic (exact) mass is 416 g/mol. The van der Waals surface area contributed by atoms with Gasteiger partial charge in [0.15, 0.2) is 0 Å². The number of allylic oxidation sites excluding steroid dienone is 2. The molecule has 0 atom stereocenters. The van der Waals surface area contributed by atoms with Crippen LogP contribution in [0.15, 0.2) is 69.8 Å². The molecular weight excluding hydrogens is 408 g/mol. The number of carbonyl (C=O) groups excluding carboxylic acids is 1. The van der Waals surface area contributed by atoms with E-state index < -0.39 is 5.41 Å². The molecule has 2 aromatic carbocycles. The lowest BCUT2D eigenvalue weighted by molar-refractivity contribution is -0.132. The third-order valence-corrected chi connectivity index (χ3v) is 5.13. The van der Waals surface area contributed by atoms with Gasteiger partial charge in [0, 0.05) is 15.0 Å². The van der Waals surface area contributed by atoms with Gasteiger partial charge in [0.1, 0.15) is 0 Å². The van der Waals surface area contributed by atoms with E-state index in [-0.39, 0.29) is 5.97 Å². The highest BCUT2D eigenvalue weighted by Crippen LogP contribution is 2.52. The third kappa shape index (κ3) is 1.94. The Morgan fingerprint density at radius 1 is 0.864 bits per heavy atom. The zero-order chi connectivity index (χ0) is 15.3. The van der Waals surface area contributed by atoms with Gasteiger partial charge in [-0.2, -0.15) is 0 Å². The molecule has 2 aliphatic rings. The van der Waals surface area contributed by atoms with Crippen LogP contribution in [0.3, 0.4) is 0 Å². The first-order valence-electron chi connectivity index (χ1n) is 6.78. The molecule has 0 radical (unpaired) electrons. The number of esters is 1. The molecule has 0 saturated carbocycles. The summed E-state index contributed by atoms with van der Waals surface area (Å²) < 4.78 is 7.07. The summed E-state index contributed by atoms with van der Waals surface area (Å²) in [6.07, 6.45) is 6.85. The number of hydrogen-bond donors (Lipinski definition) is 0. The number of cyclic esters (lactones) is 1. The van der Waals surface area contributed by atoms with Gasteiger partial charge in [0.05, 0.1) is 11.7 Å². The molecule has 0 N–H and O–H groups in total. The molecule has 0 unspecified atom stereocenters. The zero-order valence-corrected chi connectivity index (χ0v) is 14.5. The molecule has 2 aromatic rings. The fourth-order valence-electron chi connectivity index (χ4n) is 3.19. The Kier molecular flexibility index (Phi) is 3.13. The van der Waals surface area contributed by atoms with Crippen molar-refractivity contribution in [3.63, 3.8) is 0 Å². The van der Waals surface area contributed by atoms with E-state index in [1.807, 2.05) is 24.3 Å². The summed E-state index contributed by atoms with van der Waals surface area (Å²) in [5, 5.41) is 0. The van der Waals surface area contributed by atoms with E-state index in [4.69, 9.17) is 4.74 Å². The van der Waals surface area contributed by atoms with Gasteiger partial charge in [0.25, 0.3) is 0 Å². The Morgan fingerprint density at radius 3 is 2.05 bits per heavy atom. The number of halogens is 2. The first kappa shape index (κ1) is 14.0. The molecule has 108 valence electrons. The normalized spacial score (nSPS) is 17.1. The molecule has 1 aliphatic carbocycles.